The Labute approximate surface area is 163 Å². The molecule has 0 saturated carbocycles. The molecule has 0 aliphatic heterocycles. The molecular formula is C22H24FN3O2. The number of halogens is 1. The number of aromatic amines is 1. The van der Waals surface area contributed by atoms with Crippen molar-refractivity contribution in [3.63, 3.8) is 0 Å². The average Bonchev–Trinajstić information content (AvgIpc) is 3.05. The van der Waals surface area contributed by atoms with Crippen LogP contribution in [0.4, 0.5) is 10.1 Å². The highest BCUT2D eigenvalue weighted by Crippen LogP contribution is 2.32. The summed E-state index contributed by atoms with van der Waals surface area (Å²) in [6.07, 6.45) is 0.910. The highest BCUT2D eigenvalue weighted by molar-refractivity contribution is 5.96. The lowest BCUT2D eigenvalue weighted by molar-refractivity contribution is -0.115. The van der Waals surface area contributed by atoms with Crippen molar-refractivity contribution in [1.82, 2.24) is 10.2 Å². The van der Waals surface area contributed by atoms with Crippen molar-refractivity contribution in [2.45, 2.75) is 26.7 Å². The molecular weight excluding hydrogens is 357 g/mol. The number of hydrogen-bond acceptors (Lipinski definition) is 3. The fourth-order valence-electron chi connectivity index (χ4n) is 3.02. The van der Waals surface area contributed by atoms with Crippen LogP contribution >= 0.6 is 0 Å². The number of aromatic nitrogens is 2. The van der Waals surface area contributed by atoms with Crippen LogP contribution in [0.5, 0.6) is 5.75 Å². The fraction of sp³-hybridized carbons (Fsp3) is 0.273. The molecule has 1 aromatic heterocycles. The van der Waals surface area contributed by atoms with E-state index in [1.807, 2.05) is 24.3 Å². The molecule has 0 saturated heterocycles. The third-order valence-corrected chi connectivity index (χ3v) is 4.34. The number of carbonyl (C=O) groups is 1. The molecule has 6 heteroatoms. The molecule has 0 unspecified atom stereocenters. The first kappa shape index (κ1) is 19.6. The van der Waals surface area contributed by atoms with Gasteiger partial charge in [-0.15, -0.1) is 0 Å². The molecule has 0 radical (unpaired) electrons. The third-order valence-electron chi connectivity index (χ3n) is 4.34. The van der Waals surface area contributed by atoms with E-state index in [0.29, 0.717) is 17.3 Å². The fourth-order valence-corrected chi connectivity index (χ4v) is 3.02. The number of nitrogens with one attached hydrogen (secondary N) is 2. The highest BCUT2D eigenvalue weighted by atomic mass is 19.1. The summed E-state index contributed by atoms with van der Waals surface area (Å²) in [5.41, 5.74) is 3.81. The first-order valence-electron chi connectivity index (χ1n) is 9.22. The molecule has 2 aromatic carbocycles. The Morgan fingerprint density at radius 3 is 2.64 bits per heavy atom. The Morgan fingerprint density at radius 2 is 1.96 bits per heavy atom. The van der Waals surface area contributed by atoms with Crippen LogP contribution in [0.3, 0.4) is 0 Å². The van der Waals surface area contributed by atoms with Crippen LogP contribution in [0, 0.1) is 11.7 Å². The Morgan fingerprint density at radius 1 is 1.21 bits per heavy atom. The van der Waals surface area contributed by atoms with Crippen molar-refractivity contribution < 1.29 is 13.9 Å². The first-order valence-corrected chi connectivity index (χ1v) is 9.22. The van der Waals surface area contributed by atoms with Gasteiger partial charge in [0.15, 0.2) is 0 Å². The van der Waals surface area contributed by atoms with Gasteiger partial charge < -0.3 is 10.1 Å². The van der Waals surface area contributed by atoms with Gasteiger partial charge in [-0.1, -0.05) is 38.1 Å². The van der Waals surface area contributed by atoms with Crippen LogP contribution in [0.15, 0.2) is 48.5 Å². The van der Waals surface area contributed by atoms with Crippen LogP contribution in [0.1, 0.15) is 25.1 Å². The van der Waals surface area contributed by atoms with Crippen LogP contribution in [-0.2, 0) is 17.6 Å². The van der Waals surface area contributed by atoms with Gasteiger partial charge in [0.2, 0.25) is 5.91 Å². The molecule has 5 nitrogen and oxygen atoms in total. The minimum Gasteiger partial charge on any atom is -0.497 e. The maximum Gasteiger partial charge on any atom is 0.228 e. The molecule has 0 atom stereocenters. The SMILES string of the molecule is COc1cccc(-c2n[nH]c(CC(C)C)c2NC(=O)Cc2ccc(F)cc2)c1. The van der Waals surface area contributed by atoms with E-state index in [1.165, 1.54) is 12.1 Å². The van der Waals surface area contributed by atoms with E-state index < -0.39 is 0 Å². The van der Waals surface area contributed by atoms with E-state index in [0.717, 1.165) is 29.0 Å². The second kappa shape index (κ2) is 8.69. The molecule has 0 aliphatic carbocycles. The first-order chi connectivity index (χ1) is 13.5. The number of rotatable bonds is 7. The molecule has 146 valence electrons. The molecule has 0 aliphatic rings. The smallest absolute Gasteiger partial charge is 0.228 e. The van der Waals surface area contributed by atoms with Gasteiger partial charge in [0.25, 0.3) is 0 Å². The normalized spacial score (nSPS) is 10.9. The number of nitrogens with zero attached hydrogens (tertiary/aromatic N) is 1. The Bertz CT molecular complexity index is 949. The second-order valence-corrected chi connectivity index (χ2v) is 7.11. The van der Waals surface area contributed by atoms with Crippen LogP contribution in [-0.4, -0.2) is 23.2 Å². The van der Waals surface area contributed by atoms with E-state index in [9.17, 15) is 9.18 Å². The van der Waals surface area contributed by atoms with Gasteiger partial charge in [0.1, 0.15) is 17.3 Å². The van der Waals surface area contributed by atoms with Crippen molar-refractivity contribution >= 4 is 11.6 Å². The van der Waals surface area contributed by atoms with Crippen LogP contribution in [0.25, 0.3) is 11.3 Å². The summed E-state index contributed by atoms with van der Waals surface area (Å²) in [7, 11) is 1.61. The van der Waals surface area contributed by atoms with Gasteiger partial charge in [-0.3, -0.25) is 9.89 Å². The van der Waals surface area contributed by atoms with Gasteiger partial charge in [-0.25, -0.2) is 4.39 Å². The number of hydrogen-bond donors (Lipinski definition) is 2. The standard InChI is InChI=1S/C22H24FN3O2/c1-14(2)11-19-22(24-20(27)12-15-7-9-17(23)10-8-15)21(26-25-19)16-5-4-6-18(13-16)28-3/h4-10,13-14H,11-12H2,1-3H3,(H,24,27)(H,25,26). The largest absolute Gasteiger partial charge is 0.497 e. The molecule has 0 bridgehead atoms. The van der Waals surface area contributed by atoms with E-state index in [-0.39, 0.29) is 18.1 Å². The van der Waals surface area contributed by atoms with Gasteiger partial charge in [0, 0.05) is 5.56 Å². The van der Waals surface area contributed by atoms with Gasteiger partial charge in [-0.05, 0) is 42.2 Å². The van der Waals surface area contributed by atoms with E-state index in [4.69, 9.17) is 4.74 Å². The number of amides is 1. The predicted octanol–water partition coefficient (Wildman–Crippen LogP) is 4.60. The number of anilines is 1. The number of methoxy groups -OCH3 is 1. The van der Waals surface area contributed by atoms with Crippen molar-refractivity contribution in [2.75, 3.05) is 12.4 Å². The molecule has 3 rings (SSSR count). The lowest BCUT2D eigenvalue weighted by Crippen LogP contribution is -2.16. The summed E-state index contributed by atoms with van der Waals surface area (Å²) in [6, 6.07) is 13.5. The van der Waals surface area contributed by atoms with Crippen LogP contribution < -0.4 is 10.1 Å². The molecule has 2 N–H and O–H groups in total. The zero-order valence-electron chi connectivity index (χ0n) is 16.3. The minimum absolute atomic E-state index is 0.157. The van der Waals surface area contributed by atoms with Crippen molar-refractivity contribution in [2.24, 2.45) is 5.92 Å². The monoisotopic (exact) mass is 381 g/mol. The number of ether oxygens (including phenoxy) is 1. The maximum atomic E-state index is 13.1. The number of H-pyrrole nitrogens is 1. The van der Waals surface area contributed by atoms with Crippen molar-refractivity contribution in [1.29, 1.82) is 0 Å². The van der Waals surface area contributed by atoms with Crippen molar-refractivity contribution in [3.05, 3.63) is 65.6 Å². The summed E-state index contributed by atoms with van der Waals surface area (Å²) in [5.74, 6) is 0.613. The average molecular weight is 381 g/mol. The summed E-state index contributed by atoms with van der Waals surface area (Å²) in [5, 5.41) is 10.5. The highest BCUT2D eigenvalue weighted by Gasteiger charge is 2.18. The maximum absolute atomic E-state index is 13.1. The number of benzene rings is 2. The van der Waals surface area contributed by atoms with E-state index in [1.54, 1.807) is 19.2 Å². The van der Waals surface area contributed by atoms with Gasteiger partial charge in [-0.2, -0.15) is 5.10 Å². The van der Waals surface area contributed by atoms with Crippen LogP contribution in [0.2, 0.25) is 0 Å². The molecule has 3 aromatic rings. The lowest BCUT2D eigenvalue weighted by Gasteiger charge is -2.11. The third kappa shape index (κ3) is 4.76. The Hall–Kier alpha value is -3.15. The molecule has 1 heterocycles. The summed E-state index contributed by atoms with van der Waals surface area (Å²) in [6.45, 7) is 4.21. The Kier molecular flexibility index (Phi) is 6.09. The predicted molar refractivity (Wildman–Crippen MR) is 108 cm³/mol. The molecule has 0 fully saturated rings. The van der Waals surface area contributed by atoms with E-state index >= 15 is 0 Å². The van der Waals surface area contributed by atoms with E-state index in [2.05, 4.69) is 29.4 Å². The van der Waals surface area contributed by atoms with Gasteiger partial charge in [0.05, 0.1) is 24.9 Å². The zero-order valence-corrected chi connectivity index (χ0v) is 16.3. The Balaban J connectivity index is 1.89. The summed E-state index contributed by atoms with van der Waals surface area (Å²) >= 11 is 0. The van der Waals surface area contributed by atoms with Crippen molar-refractivity contribution in [3.8, 4) is 17.0 Å². The quantitative estimate of drug-likeness (QED) is 0.628. The lowest BCUT2D eigenvalue weighted by atomic mass is 10.0. The number of carbonyl (C=O) groups excluding carboxylic acids is 1. The summed E-state index contributed by atoms with van der Waals surface area (Å²) < 4.78 is 18.4. The summed E-state index contributed by atoms with van der Waals surface area (Å²) in [4.78, 5) is 12.6. The molecule has 0 spiro atoms. The molecule has 28 heavy (non-hydrogen) atoms. The molecule has 1 amide bonds. The van der Waals surface area contributed by atoms with Gasteiger partial charge >= 0.3 is 0 Å². The minimum atomic E-state index is -0.321. The second-order valence-electron chi connectivity index (χ2n) is 7.11. The zero-order chi connectivity index (χ0) is 20.1. The topological polar surface area (TPSA) is 67.0 Å².